The van der Waals surface area contributed by atoms with Gasteiger partial charge in [-0.15, -0.1) is 11.3 Å². The maximum absolute atomic E-state index is 5.73. The van der Waals surface area contributed by atoms with E-state index in [0.717, 1.165) is 17.1 Å². The first-order chi connectivity index (χ1) is 9.01. The van der Waals surface area contributed by atoms with Crippen LogP contribution in [0.15, 0.2) is 18.2 Å². The molecule has 3 nitrogen and oxygen atoms in total. The molecule has 3 N–H and O–H groups in total. The Balaban J connectivity index is 2.24. The van der Waals surface area contributed by atoms with Crippen LogP contribution in [0.5, 0.6) is 0 Å². The molecule has 0 radical (unpaired) electrons. The zero-order valence-electron chi connectivity index (χ0n) is 11.9. The van der Waals surface area contributed by atoms with E-state index < -0.39 is 0 Å². The molecule has 19 heavy (non-hydrogen) atoms. The van der Waals surface area contributed by atoms with Crippen LogP contribution in [0, 0.1) is 27.7 Å². The number of aromatic nitrogens is 1. The molecule has 4 heteroatoms. The zero-order chi connectivity index (χ0) is 14.0. The topological polar surface area (TPSA) is 50.9 Å². The third kappa shape index (κ3) is 3.21. The van der Waals surface area contributed by atoms with Gasteiger partial charge in [0.05, 0.1) is 16.7 Å². The highest BCUT2D eigenvalue weighted by molar-refractivity contribution is 7.11. The fourth-order valence-electron chi connectivity index (χ4n) is 2.28. The molecule has 1 heterocycles. The zero-order valence-corrected chi connectivity index (χ0v) is 12.8. The second-order valence-electron chi connectivity index (χ2n) is 5.03. The molecule has 0 fully saturated rings. The minimum atomic E-state index is 0.116. The van der Waals surface area contributed by atoms with E-state index in [1.165, 1.54) is 21.6 Å². The van der Waals surface area contributed by atoms with Gasteiger partial charge in [-0.2, -0.15) is 0 Å². The van der Waals surface area contributed by atoms with Gasteiger partial charge in [0, 0.05) is 11.3 Å². The Kier molecular flexibility index (Phi) is 4.34. The Hall–Kier alpha value is -1.23. The monoisotopic (exact) mass is 275 g/mol. The molecule has 1 atom stereocenters. The van der Waals surface area contributed by atoms with Crippen molar-refractivity contribution in [3.63, 3.8) is 0 Å². The van der Waals surface area contributed by atoms with E-state index in [-0.39, 0.29) is 6.04 Å². The summed E-state index contributed by atoms with van der Waals surface area (Å²) < 4.78 is 0. The van der Waals surface area contributed by atoms with Crippen LogP contribution < -0.4 is 11.3 Å². The maximum atomic E-state index is 5.73. The third-order valence-electron chi connectivity index (χ3n) is 3.45. The highest BCUT2D eigenvalue weighted by Gasteiger charge is 2.15. The van der Waals surface area contributed by atoms with Crippen molar-refractivity contribution < 1.29 is 0 Å². The average molecular weight is 275 g/mol. The summed E-state index contributed by atoms with van der Waals surface area (Å²) in [5, 5.41) is 1.14. The Morgan fingerprint density at radius 2 is 2.00 bits per heavy atom. The summed E-state index contributed by atoms with van der Waals surface area (Å²) in [6, 6.07) is 6.59. The van der Waals surface area contributed by atoms with Crippen LogP contribution in [0.1, 0.15) is 38.3 Å². The summed E-state index contributed by atoms with van der Waals surface area (Å²) in [6.45, 7) is 8.40. The molecular formula is C15H21N3S. The van der Waals surface area contributed by atoms with Crippen molar-refractivity contribution in [1.82, 2.24) is 10.4 Å². The number of hydrogen-bond donors (Lipinski definition) is 2. The van der Waals surface area contributed by atoms with E-state index in [1.807, 2.05) is 0 Å². The predicted octanol–water partition coefficient (Wildman–Crippen LogP) is 3.12. The van der Waals surface area contributed by atoms with Crippen LogP contribution in [0.3, 0.4) is 0 Å². The van der Waals surface area contributed by atoms with Crippen molar-refractivity contribution in [3.8, 4) is 0 Å². The van der Waals surface area contributed by atoms with Crippen LogP contribution >= 0.6 is 11.3 Å². The Labute approximate surface area is 118 Å². The molecule has 102 valence electrons. The van der Waals surface area contributed by atoms with Crippen molar-refractivity contribution in [1.29, 1.82) is 0 Å². The summed E-state index contributed by atoms with van der Waals surface area (Å²) in [4.78, 5) is 5.88. The SMILES string of the molecule is Cc1ccc(C(Cc2nc(C)c(C)s2)NN)c(C)c1. The van der Waals surface area contributed by atoms with Gasteiger partial charge in [0.15, 0.2) is 0 Å². The number of hydrogen-bond acceptors (Lipinski definition) is 4. The normalized spacial score (nSPS) is 12.7. The molecule has 1 unspecified atom stereocenters. The van der Waals surface area contributed by atoms with Crippen molar-refractivity contribution in [2.75, 3.05) is 0 Å². The van der Waals surface area contributed by atoms with Gasteiger partial charge in [-0.3, -0.25) is 11.3 Å². The summed E-state index contributed by atoms with van der Waals surface area (Å²) in [5.74, 6) is 5.73. The molecule has 2 rings (SSSR count). The summed E-state index contributed by atoms with van der Waals surface area (Å²) in [6.07, 6.45) is 0.833. The van der Waals surface area contributed by atoms with Crippen LogP contribution in [0.25, 0.3) is 0 Å². The highest BCUT2D eigenvalue weighted by Crippen LogP contribution is 2.25. The quantitative estimate of drug-likeness (QED) is 0.666. The van der Waals surface area contributed by atoms with E-state index in [2.05, 4.69) is 56.3 Å². The number of thiazole rings is 1. The van der Waals surface area contributed by atoms with E-state index in [0.29, 0.717) is 0 Å². The molecule has 1 aromatic heterocycles. The van der Waals surface area contributed by atoms with Gasteiger partial charge < -0.3 is 0 Å². The van der Waals surface area contributed by atoms with Crippen LogP contribution in [-0.2, 0) is 6.42 Å². The first kappa shape index (κ1) is 14.2. The number of benzene rings is 1. The van der Waals surface area contributed by atoms with Crippen molar-refractivity contribution >= 4 is 11.3 Å². The minimum Gasteiger partial charge on any atom is -0.271 e. The smallest absolute Gasteiger partial charge is 0.0950 e. The standard InChI is InChI=1S/C15H21N3S/c1-9-5-6-13(10(2)7-9)14(18-16)8-15-17-11(3)12(4)19-15/h5-7,14,18H,8,16H2,1-4H3. The Morgan fingerprint density at radius 1 is 1.26 bits per heavy atom. The van der Waals surface area contributed by atoms with Crippen LogP contribution in [0.4, 0.5) is 0 Å². The highest BCUT2D eigenvalue weighted by atomic mass is 32.1. The molecule has 0 saturated carbocycles. The van der Waals surface area contributed by atoms with Crippen molar-refractivity contribution in [2.24, 2.45) is 5.84 Å². The van der Waals surface area contributed by atoms with Gasteiger partial charge in [-0.25, -0.2) is 4.98 Å². The lowest BCUT2D eigenvalue weighted by Gasteiger charge is -2.17. The predicted molar refractivity (Wildman–Crippen MR) is 81.3 cm³/mol. The number of aryl methyl sites for hydroxylation is 4. The van der Waals surface area contributed by atoms with Gasteiger partial charge in [-0.05, 0) is 38.8 Å². The summed E-state index contributed by atoms with van der Waals surface area (Å²) in [5.41, 5.74) is 7.84. The van der Waals surface area contributed by atoms with Crippen LogP contribution in [0.2, 0.25) is 0 Å². The average Bonchev–Trinajstić information content (AvgIpc) is 2.66. The summed E-state index contributed by atoms with van der Waals surface area (Å²) >= 11 is 1.76. The van der Waals surface area contributed by atoms with E-state index in [1.54, 1.807) is 11.3 Å². The third-order valence-corrected chi connectivity index (χ3v) is 4.55. The molecule has 2 aromatic rings. The van der Waals surface area contributed by atoms with Gasteiger partial charge in [-0.1, -0.05) is 23.8 Å². The first-order valence-corrected chi connectivity index (χ1v) is 7.29. The lowest BCUT2D eigenvalue weighted by atomic mass is 9.98. The maximum Gasteiger partial charge on any atom is 0.0950 e. The number of nitrogens with one attached hydrogen (secondary N) is 1. The molecule has 0 saturated heterocycles. The first-order valence-electron chi connectivity index (χ1n) is 6.47. The largest absolute Gasteiger partial charge is 0.271 e. The number of nitrogens with two attached hydrogens (primary N) is 1. The molecule has 1 aromatic carbocycles. The van der Waals surface area contributed by atoms with Gasteiger partial charge in [0.1, 0.15) is 0 Å². The van der Waals surface area contributed by atoms with E-state index in [4.69, 9.17) is 5.84 Å². The fourth-order valence-corrected chi connectivity index (χ4v) is 3.26. The summed E-state index contributed by atoms with van der Waals surface area (Å²) in [7, 11) is 0. The van der Waals surface area contributed by atoms with Crippen LogP contribution in [-0.4, -0.2) is 4.98 Å². The second-order valence-corrected chi connectivity index (χ2v) is 6.32. The van der Waals surface area contributed by atoms with Crippen molar-refractivity contribution in [2.45, 2.75) is 40.2 Å². The fraction of sp³-hybridized carbons (Fsp3) is 0.400. The molecule has 0 aliphatic rings. The lowest BCUT2D eigenvalue weighted by Crippen LogP contribution is -2.30. The molecule has 0 bridgehead atoms. The van der Waals surface area contributed by atoms with E-state index in [9.17, 15) is 0 Å². The van der Waals surface area contributed by atoms with Gasteiger partial charge in [0.2, 0.25) is 0 Å². The second kappa shape index (κ2) is 5.82. The van der Waals surface area contributed by atoms with E-state index >= 15 is 0 Å². The minimum absolute atomic E-state index is 0.116. The van der Waals surface area contributed by atoms with Gasteiger partial charge in [0.25, 0.3) is 0 Å². The lowest BCUT2D eigenvalue weighted by molar-refractivity contribution is 0.548. The van der Waals surface area contributed by atoms with Crippen molar-refractivity contribution in [3.05, 3.63) is 50.5 Å². The number of rotatable bonds is 4. The molecule has 0 amide bonds. The number of nitrogens with zero attached hydrogens (tertiary/aromatic N) is 1. The van der Waals surface area contributed by atoms with Gasteiger partial charge >= 0.3 is 0 Å². The Bertz CT molecular complexity index is 555. The molecule has 0 spiro atoms. The molecule has 0 aliphatic heterocycles. The molecular weight excluding hydrogens is 254 g/mol. The number of hydrazine groups is 1. The Morgan fingerprint density at radius 3 is 2.53 bits per heavy atom. The molecule has 0 aliphatic carbocycles.